The van der Waals surface area contributed by atoms with Gasteiger partial charge >= 0.3 is 0 Å². The molecule has 29 heavy (non-hydrogen) atoms. The Morgan fingerprint density at radius 3 is 1.97 bits per heavy atom. The summed E-state index contributed by atoms with van der Waals surface area (Å²) < 4.78 is 0. The molecule has 1 aliphatic rings. The summed E-state index contributed by atoms with van der Waals surface area (Å²) in [5.74, 6) is 0.341. The summed E-state index contributed by atoms with van der Waals surface area (Å²) in [4.78, 5) is 5.05. The second kappa shape index (κ2) is 11.1. The third kappa shape index (κ3) is 5.89. The minimum Gasteiger partial charge on any atom is -0.508 e. The summed E-state index contributed by atoms with van der Waals surface area (Å²) in [6.07, 6.45) is 0.906. The molecule has 5 heteroatoms. The molecule has 1 heterocycles. The van der Waals surface area contributed by atoms with Gasteiger partial charge in [-0.3, -0.25) is 4.90 Å². The Bertz CT molecular complexity index is 853. The standard InChI is InChI=1S/C24H26N2O.2ClH/c27-23-13-7-8-20(18-23)19-24(21-9-3-1-4-10-21)26-16-14-25(15-17-26)22-11-5-2-6-12-22;;/h1-13,18,24,27H,14-17,19H2;2*1H. The normalized spacial score (nSPS) is 15.1. The van der Waals surface area contributed by atoms with Gasteiger partial charge in [-0.2, -0.15) is 0 Å². The largest absolute Gasteiger partial charge is 0.508 e. The number of hydrogen-bond acceptors (Lipinski definition) is 3. The minimum absolute atomic E-state index is 0. The minimum atomic E-state index is 0. The third-order valence-electron chi connectivity index (χ3n) is 5.40. The Hall–Kier alpha value is -2.20. The number of piperazine rings is 1. The van der Waals surface area contributed by atoms with E-state index in [1.807, 2.05) is 12.1 Å². The second-order valence-corrected chi connectivity index (χ2v) is 7.16. The molecule has 3 aromatic rings. The van der Waals surface area contributed by atoms with Crippen molar-refractivity contribution in [3.8, 4) is 5.75 Å². The average Bonchev–Trinajstić information content (AvgIpc) is 2.74. The molecule has 1 N–H and O–H groups in total. The fraction of sp³-hybridized carbons (Fsp3) is 0.250. The molecule has 1 saturated heterocycles. The summed E-state index contributed by atoms with van der Waals surface area (Å²) >= 11 is 0. The molecule has 154 valence electrons. The van der Waals surface area contributed by atoms with E-state index in [1.165, 1.54) is 16.8 Å². The van der Waals surface area contributed by atoms with E-state index < -0.39 is 0 Å². The van der Waals surface area contributed by atoms with E-state index in [9.17, 15) is 5.11 Å². The van der Waals surface area contributed by atoms with Crippen molar-refractivity contribution in [1.29, 1.82) is 0 Å². The first kappa shape index (κ1) is 23.1. The topological polar surface area (TPSA) is 26.7 Å². The van der Waals surface area contributed by atoms with Crippen LogP contribution in [0.15, 0.2) is 84.9 Å². The van der Waals surface area contributed by atoms with E-state index in [4.69, 9.17) is 0 Å². The molecule has 0 radical (unpaired) electrons. The van der Waals surface area contributed by atoms with Crippen molar-refractivity contribution in [2.75, 3.05) is 31.1 Å². The van der Waals surface area contributed by atoms with Crippen molar-refractivity contribution in [1.82, 2.24) is 4.90 Å². The lowest BCUT2D eigenvalue weighted by atomic mass is 9.96. The summed E-state index contributed by atoms with van der Waals surface area (Å²) in [6, 6.07) is 29.4. The van der Waals surface area contributed by atoms with Crippen molar-refractivity contribution in [3.63, 3.8) is 0 Å². The van der Waals surface area contributed by atoms with Gasteiger partial charge in [-0.25, -0.2) is 0 Å². The van der Waals surface area contributed by atoms with Gasteiger partial charge in [0.2, 0.25) is 0 Å². The van der Waals surface area contributed by atoms with Gasteiger partial charge < -0.3 is 10.0 Å². The number of hydrogen-bond donors (Lipinski definition) is 1. The molecule has 3 aromatic carbocycles. The zero-order valence-electron chi connectivity index (χ0n) is 16.4. The monoisotopic (exact) mass is 430 g/mol. The number of rotatable bonds is 5. The van der Waals surface area contributed by atoms with Gasteiger partial charge in [-0.1, -0.05) is 60.7 Å². The van der Waals surface area contributed by atoms with Crippen LogP contribution in [0.5, 0.6) is 5.75 Å². The Labute approximate surface area is 185 Å². The predicted molar refractivity (Wildman–Crippen MR) is 126 cm³/mol. The Morgan fingerprint density at radius 1 is 0.724 bits per heavy atom. The lowest BCUT2D eigenvalue weighted by Gasteiger charge is -2.40. The van der Waals surface area contributed by atoms with Crippen LogP contribution >= 0.6 is 24.8 Å². The molecule has 1 unspecified atom stereocenters. The maximum atomic E-state index is 9.85. The molecule has 1 aliphatic heterocycles. The quantitative estimate of drug-likeness (QED) is 0.591. The third-order valence-corrected chi connectivity index (χ3v) is 5.40. The molecule has 0 aliphatic carbocycles. The highest BCUT2D eigenvalue weighted by molar-refractivity contribution is 5.85. The van der Waals surface area contributed by atoms with Crippen molar-refractivity contribution in [2.45, 2.75) is 12.5 Å². The molecule has 1 fully saturated rings. The van der Waals surface area contributed by atoms with E-state index in [2.05, 4.69) is 76.5 Å². The fourth-order valence-corrected chi connectivity index (χ4v) is 3.97. The Kier molecular flexibility index (Phi) is 8.84. The van der Waals surface area contributed by atoms with E-state index >= 15 is 0 Å². The van der Waals surface area contributed by atoms with Crippen LogP contribution in [0.2, 0.25) is 0 Å². The number of phenols is 1. The summed E-state index contributed by atoms with van der Waals surface area (Å²) in [5.41, 5.74) is 3.82. The molecule has 0 aromatic heterocycles. The maximum Gasteiger partial charge on any atom is 0.115 e. The first-order valence-corrected chi connectivity index (χ1v) is 9.66. The number of para-hydroxylation sites is 1. The van der Waals surface area contributed by atoms with Gasteiger partial charge in [-0.05, 0) is 41.8 Å². The Balaban J connectivity index is 0.00000150. The number of phenolic OH excluding ortho intramolecular Hbond substituents is 1. The van der Waals surface area contributed by atoms with Crippen molar-refractivity contribution in [2.24, 2.45) is 0 Å². The molecule has 0 saturated carbocycles. The van der Waals surface area contributed by atoms with Crippen LogP contribution in [-0.2, 0) is 6.42 Å². The lowest BCUT2D eigenvalue weighted by Crippen LogP contribution is -2.48. The fourth-order valence-electron chi connectivity index (χ4n) is 3.97. The zero-order chi connectivity index (χ0) is 18.5. The van der Waals surface area contributed by atoms with Crippen LogP contribution in [0.4, 0.5) is 5.69 Å². The van der Waals surface area contributed by atoms with Crippen molar-refractivity contribution >= 4 is 30.5 Å². The van der Waals surface area contributed by atoms with E-state index in [1.54, 1.807) is 6.07 Å². The number of anilines is 1. The molecule has 0 spiro atoms. The number of benzene rings is 3. The van der Waals surface area contributed by atoms with Crippen molar-refractivity contribution < 1.29 is 5.11 Å². The van der Waals surface area contributed by atoms with E-state index in [-0.39, 0.29) is 24.8 Å². The second-order valence-electron chi connectivity index (χ2n) is 7.16. The highest BCUT2D eigenvalue weighted by Crippen LogP contribution is 2.28. The highest BCUT2D eigenvalue weighted by Gasteiger charge is 2.25. The molecular weight excluding hydrogens is 403 g/mol. The molecule has 0 bridgehead atoms. The molecule has 4 rings (SSSR count). The molecular formula is C24H28Cl2N2O. The van der Waals surface area contributed by atoms with Crippen LogP contribution in [0.3, 0.4) is 0 Å². The Morgan fingerprint density at radius 2 is 1.34 bits per heavy atom. The lowest BCUT2D eigenvalue weighted by molar-refractivity contribution is 0.184. The number of halogens is 2. The molecule has 3 nitrogen and oxygen atoms in total. The predicted octanol–water partition coefficient (Wildman–Crippen LogP) is 5.34. The van der Waals surface area contributed by atoms with Gasteiger partial charge in [0.25, 0.3) is 0 Å². The van der Waals surface area contributed by atoms with Gasteiger partial charge in [0, 0.05) is 37.9 Å². The van der Waals surface area contributed by atoms with Gasteiger partial charge in [0.05, 0.1) is 0 Å². The summed E-state index contributed by atoms with van der Waals surface area (Å²) in [6.45, 7) is 4.14. The summed E-state index contributed by atoms with van der Waals surface area (Å²) in [5, 5.41) is 9.85. The van der Waals surface area contributed by atoms with Crippen LogP contribution in [0.1, 0.15) is 17.2 Å². The van der Waals surface area contributed by atoms with Crippen LogP contribution in [0.25, 0.3) is 0 Å². The van der Waals surface area contributed by atoms with Crippen molar-refractivity contribution in [3.05, 3.63) is 96.1 Å². The van der Waals surface area contributed by atoms with Crippen LogP contribution in [0, 0.1) is 0 Å². The first-order chi connectivity index (χ1) is 13.3. The number of nitrogens with zero attached hydrogens (tertiary/aromatic N) is 2. The van der Waals surface area contributed by atoms with Gasteiger partial charge in [-0.15, -0.1) is 24.8 Å². The average molecular weight is 431 g/mol. The highest BCUT2D eigenvalue weighted by atomic mass is 35.5. The van der Waals surface area contributed by atoms with Crippen LogP contribution in [-0.4, -0.2) is 36.2 Å². The van der Waals surface area contributed by atoms with Gasteiger partial charge in [0.15, 0.2) is 0 Å². The number of aromatic hydroxyl groups is 1. The summed E-state index contributed by atoms with van der Waals surface area (Å²) in [7, 11) is 0. The molecule has 1 atom stereocenters. The van der Waals surface area contributed by atoms with Crippen LogP contribution < -0.4 is 4.90 Å². The SMILES string of the molecule is Cl.Cl.Oc1cccc(CC(c2ccccc2)N2CCN(c3ccccc3)CC2)c1. The van der Waals surface area contributed by atoms with E-state index in [0.29, 0.717) is 11.8 Å². The molecule has 0 amide bonds. The van der Waals surface area contributed by atoms with E-state index in [0.717, 1.165) is 32.6 Å². The smallest absolute Gasteiger partial charge is 0.115 e. The maximum absolute atomic E-state index is 9.85. The first-order valence-electron chi connectivity index (χ1n) is 9.66. The zero-order valence-corrected chi connectivity index (χ0v) is 18.0. The van der Waals surface area contributed by atoms with Gasteiger partial charge in [0.1, 0.15) is 5.75 Å².